The summed E-state index contributed by atoms with van der Waals surface area (Å²) < 4.78 is 0. The minimum absolute atomic E-state index is 0.333. The summed E-state index contributed by atoms with van der Waals surface area (Å²) in [5, 5.41) is 12.5. The van der Waals surface area contributed by atoms with Gasteiger partial charge in [0.15, 0.2) is 0 Å². The van der Waals surface area contributed by atoms with E-state index in [-0.39, 0.29) is 0 Å². The number of carbonyl (C=O) groups is 1. The van der Waals surface area contributed by atoms with Crippen LogP contribution in [0, 0.1) is 0 Å². The topological polar surface area (TPSA) is 43.8 Å². The Labute approximate surface area is 76.0 Å². The molecular weight excluding hydrogens is 168 g/mol. The van der Waals surface area contributed by atoms with Gasteiger partial charge in [0.2, 0.25) is 0 Å². The van der Waals surface area contributed by atoms with E-state index >= 15 is 0 Å². The zero-order valence-corrected chi connectivity index (χ0v) is 7.05. The standard InChI is InChI=1S/C9H10N2O2/c12-9(13)8-4-7-10-5-2-1-3-6-11(8)10/h1-4,6H,5,7H2,(H,12,13). The van der Waals surface area contributed by atoms with Gasteiger partial charge in [-0.25, -0.2) is 9.80 Å². The molecule has 2 aliphatic heterocycles. The highest BCUT2D eigenvalue weighted by Crippen LogP contribution is 2.18. The Hall–Kier alpha value is -1.55. The van der Waals surface area contributed by atoms with Crippen LogP contribution in [0.5, 0.6) is 0 Å². The number of fused-ring (bicyclic) bond motifs is 1. The lowest BCUT2D eigenvalue weighted by molar-refractivity contribution is -0.135. The predicted octanol–water partition coefficient (Wildman–Crippen LogP) is 0.571. The normalized spacial score (nSPS) is 21.2. The summed E-state index contributed by atoms with van der Waals surface area (Å²) in [4.78, 5) is 10.8. The number of carboxylic acid groups (broad SMARTS) is 1. The van der Waals surface area contributed by atoms with E-state index in [0.29, 0.717) is 12.2 Å². The molecule has 2 rings (SSSR count). The number of rotatable bonds is 1. The van der Waals surface area contributed by atoms with Gasteiger partial charge in [-0.15, -0.1) is 0 Å². The molecule has 0 aromatic heterocycles. The molecule has 4 heteroatoms. The summed E-state index contributed by atoms with van der Waals surface area (Å²) in [5.74, 6) is -0.881. The molecule has 0 amide bonds. The zero-order valence-electron chi connectivity index (χ0n) is 7.05. The number of hydrazine groups is 1. The summed E-state index contributed by atoms with van der Waals surface area (Å²) in [6.07, 6.45) is 9.22. The number of carboxylic acids is 1. The second kappa shape index (κ2) is 3.06. The molecule has 0 atom stereocenters. The smallest absolute Gasteiger partial charge is 0.353 e. The van der Waals surface area contributed by atoms with Crippen LogP contribution in [0.25, 0.3) is 0 Å². The molecule has 4 nitrogen and oxygen atoms in total. The number of nitrogens with zero attached hydrogens (tertiary/aromatic N) is 2. The molecule has 13 heavy (non-hydrogen) atoms. The number of allylic oxidation sites excluding steroid dienone is 2. The molecule has 0 radical (unpaired) electrons. The Balaban J connectivity index is 2.23. The van der Waals surface area contributed by atoms with Crippen molar-refractivity contribution in [3.05, 3.63) is 36.2 Å². The Morgan fingerprint density at radius 1 is 1.38 bits per heavy atom. The first-order valence-corrected chi connectivity index (χ1v) is 4.10. The molecule has 0 fully saturated rings. The average molecular weight is 178 g/mol. The van der Waals surface area contributed by atoms with Gasteiger partial charge in [-0.05, 0) is 12.2 Å². The third kappa shape index (κ3) is 1.36. The van der Waals surface area contributed by atoms with Crippen LogP contribution in [-0.4, -0.2) is 34.2 Å². The molecule has 0 saturated heterocycles. The van der Waals surface area contributed by atoms with Crippen molar-refractivity contribution in [1.29, 1.82) is 0 Å². The summed E-state index contributed by atoms with van der Waals surface area (Å²) >= 11 is 0. The zero-order chi connectivity index (χ0) is 9.26. The molecule has 1 N–H and O–H groups in total. The first-order chi connectivity index (χ1) is 6.29. The predicted molar refractivity (Wildman–Crippen MR) is 47.4 cm³/mol. The molecular formula is C9H10N2O2. The third-order valence-electron chi connectivity index (χ3n) is 2.06. The number of hydrogen-bond donors (Lipinski definition) is 1. The van der Waals surface area contributed by atoms with Crippen LogP contribution >= 0.6 is 0 Å². The van der Waals surface area contributed by atoms with Crippen LogP contribution in [0.1, 0.15) is 0 Å². The molecule has 2 aliphatic rings. The van der Waals surface area contributed by atoms with Gasteiger partial charge >= 0.3 is 5.97 Å². The largest absolute Gasteiger partial charge is 0.477 e. The molecule has 0 spiro atoms. The summed E-state index contributed by atoms with van der Waals surface area (Å²) in [6, 6.07) is 0. The highest BCUT2D eigenvalue weighted by molar-refractivity contribution is 5.86. The summed E-state index contributed by atoms with van der Waals surface area (Å²) in [7, 11) is 0. The fraction of sp³-hybridized carbons (Fsp3) is 0.222. The molecule has 0 bridgehead atoms. The van der Waals surface area contributed by atoms with Crippen molar-refractivity contribution < 1.29 is 9.90 Å². The van der Waals surface area contributed by atoms with E-state index < -0.39 is 5.97 Å². The number of hydrogen-bond acceptors (Lipinski definition) is 3. The van der Waals surface area contributed by atoms with Crippen LogP contribution in [0.4, 0.5) is 0 Å². The monoisotopic (exact) mass is 178 g/mol. The summed E-state index contributed by atoms with van der Waals surface area (Å²) in [6.45, 7) is 1.41. The average Bonchev–Trinajstić information content (AvgIpc) is 2.36. The van der Waals surface area contributed by atoms with Gasteiger partial charge in [-0.3, -0.25) is 5.01 Å². The molecule has 0 aliphatic carbocycles. The van der Waals surface area contributed by atoms with E-state index in [1.165, 1.54) is 0 Å². The Morgan fingerprint density at radius 2 is 2.23 bits per heavy atom. The van der Waals surface area contributed by atoms with Crippen LogP contribution in [0.3, 0.4) is 0 Å². The lowest BCUT2D eigenvalue weighted by atomic mass is 10.4. The molecule has 2 heterocycles. The minimum atomic E-state index is -0.881. The van der Waals surface area contributed by atoms with Crippen molar-refractivity contribution in [2.24, 2.45) is 0 Å². The van der Waals surface area contributed by atoms with Crippen molar-refractivity contribution in [2.75, 3.05) is 13.1 Å². The van der Waals surface area contributed by atoms with Gasteiger partial charge < -0.3 is 5.11 Å². The van der Waals surface area contributed by atoms with Crippen molar-refractivity contribution in [3.63, 3.8) is 0 Å². The molecule has 0 aromatic carbocycles. The highest BCUT2D eigenvalue weighted by Gasteiger charge is 2.25. The van der Waals surface area contributed by atoms with E-state index in [0.717, 1.165) is 6.54 Å². The van der Waals surface area contributed by atoms with Crippen LogP contribution in [0.2, 0.25) is 0 Å². The molecule has 0 unspecified atom stereocenters. The second-order valence-electron chi connectivity index (χ2n) is 2.88. The maximum Gasteiger partial charge on any atom is 0.353 e. The fourth-order valence-electron chi connectivity index (χ4n) is 1.44. The molecule has 68 valence electrons. The second-order valence-corrected chi connectivity index (χ2v) is 2.88. The highest BCUT2D eigenvalue weighted by atomic mass is 16.4. The minimum Gasteiger partial charge on any atom is -0.477 e. The fourth-order valence-corrected chi connectivity index (χ4v) is 1.44. The Morgan fingerprint density at radius 3 is 3.00 bits per heavy atom. The van der Waals surface area contributed by atoms with Crippen LogP contribution in [-0.2, 0) is 4.79 Å². The summed E-state index contributed by atoms with van der Waals surface area (Å²) in [5.41, 5.74) is 0.333. The lowest BCUT2D eigenvalue weighted by Gasteiger charge is -2.25. The first kappa shape index (κ1) is 8.07. The van der Waals surface area contributed by atoms with Gasteiger partial charge in [0.25, 0.3) is 0 Å². The van der Waals surface area contributed by atoms with E-state index in [1.807, 2.05) is 23.2 Å². The maximum absolute atomic E-state index is 10.8. The molecule has 0 saturated carbocycles. The van der Waals surface area contributed by atoms with Crippen LogP contribution in [0.15, 0.2) is 36.2 Å². The van der Waals surface area contributed by atoms with E-state index in [9.17, 15) is 4.79 Å². The Bertz CT molecular complexity index is 318. The van der Waals surface area contributed by atoms with E-state index in [4.69, 9.17) is 5.11 Å². The van der Waals surface area contributed by atoms with Gasteiger partial charge in [0.1, 0.15) is 5.70 Å². The van der Waals surface area contributed by atoms with Gasteiger partial charge in [0, 0.05) is 19.3 Å². The van der Waals surface area contributed by atoms with Gasteiger partial charge in [0.05, 0.1) is 0 Å². The van der Waals surface area contributed by atoms with Crippen molar-refractivity contribution >= 4 is 5.97 Å². The van der Waals surface area contributed by atoms with E-state index in [1.54, 1.807) is 17.3 Å². The first-order valence-electron chi connectivity index (χ1n) is 4.10. The third-order valence-corrected chi connectivity index (χ3v) is 2.06. The Kier molecular flexibility index (Phi) is 1.90. The van der Waals surface area contributed by atoms with Gasteiger partial charge in [-0.1, -0.05) is 12.2 Å². The van der Waals surface area contributed by atoms with Gasteiger partial charge in [-0.2, -0.15) is 0 Å². The van der Waals surface area contributed by atoms with Crippen molar-refractivity contribution in [1.82, 2.24) is 10.0 Å². The SMILES string of the molecule is O=C(O)C1=CCN2CC=CC=CN12. The lowest BCUT2D eigenvalue weighted by Crippen LogP contribution is -2.34. The maximum atomic E-state index is 10.8. The van der Waals surface area contributed by atoms with Crippen LogP contribution < -0.4 is 0 Å². The van der Waals surface area contributed by atoms with Crippen molar-refractivity contribution in [2.45, 2.75) is 0 Å². The quantitative estimate of drug-likeness (QED) is 0.637. The number of aliphatic carboxylic acids is 1. The van der Waals surface area contributed by atoms with E-state index in [2.05, 4.69) is 0 Å². The molecule has 0 aromatic rings. The van der Waals surface area contributed by atoms with Crippen molar-refractivity contribution in [3.8, 4) is 0 Å².